The van der Waals surface area contributed by atoms with Crippen molar-refractivity contribution < 1.29 is 0 Å². The molecule has 1 heterocycles. The highest BCUT2D eigenvalue weighted by Gasteiger charge is 1.99. The van der Waals surface area contributed by atoms with Crippen molar-refractivity contribution in [2.75, 3.05) is 0 Å². The van der Waals surface area contributed by atoms with Gasteiger partial charge in [-0.05, 0) is 23.5 Å². The summed E-state index contributed by atoms with van der Waals surface area (Å²) in [5.41, 5.74) is 3.46. The first-order valence-corrected chi connectivity index (χ1v) is 7.10. The van der Waals surface area contributed by atoms with Crippen LogP contribution in [0, 0.1) is 0 Å². The van der Waals surface area contributed by atoms with Crippen molar-refractivity contribution in [2.45, 2.75) is 41.0 Å². The lowest BCUT2D eigenvalue weighted by atomic mass is 10.1. The lowest BCUT2D eigenvalue weighted by Gasteiger charge is -1.97. The zero-order valence-electron chi connectivity index (χ0n) is 11.4. The number of hydrogen-bond acceptors (Lipinski definition) is 3. The van der Waals surface area contributed by atoms with Gasteiger partial charge in [-0.15, -0.1) is 5.10 Å². The summed E-state index contributed by atoms with van der Waals surface area (Å²) in [4.78, 5) is 0. The molecule has 0 aliphatic rings. The standard InChI is InChI=1S/C10H10N2S.2C2H6/c1-2-8-3-5-9(6-4-8)10-7-13-12-11-10;2*1-2/h3-7H,2H2,1H3;2*1-2H3. The van der Waals surface area contributed by atoms with Gasteiger partial charge in [0, 0.05) is 10.9 Å². The Morgan fingerprint density at radius 1 is 1.00 bits per heavy atom. The Morgan fingerprint density at radius 3 is 2.00 bits per heavy atom. The summed E-state index contributed by atoms with van der Waals surface area (Å²) in [5.74, 6) is 0. The second-order valence-corrected chi connectivity index (χ2v) is 3.45. The van der Waals surface area contributed by atoms with Crippen LogP contribution in [-0.2, 0) is 6.42 Å². The van der Waals surface area contributed by atoms with Gasteiger partial charge in [0.2, 0.25) is 0 Å². The van der Waals surface area contributed by atoms with Gasteiger partial charge >= 0.3 is 0 Å². The molecule has 0 bridgehead atoms. The molecule has 0 aliphatic carbocycles. The van der Waals surface area contributed by atoms with Gasteiger partial charge in [-0.2, -0.15) is 0 Å². The predicted molar refractivity (Wildman–Crippen MR) is 77.4 cm³/mol. The first kappa shape index (κ1) is 15.8. The van der Waals surface area contributed by atoms with Crippen LogP contribution in [0.15, 0.2) is 29.6 Å². The van der Waals surface area contributed by atoms with E-state index in [1.54, 1.807) is 0 Å². The first-order chi connectivity index (χ1) is 8.40. The molecule has 2 nitrogen and oxygen atoms in total. The van der Waals surface area contributed by atoms with Crippen LogP contribution in [-0.4, -0.2) is 9.59 Å². The maximum absolute atomic E-state index is 4.01. The van der Waals surface area contributed by atoms with Crippen LogP contribution < -0.4 is 0 Å². The Hall–Kier alpha value is -1.22. The third kappa shape index (κ3) is 5.09. The molecule has 0 saturated carbocycles. The maximum atomic E-state index is 4.01. The second kappa shape index (κ2) is 9.97. The molecule has 0 radical (unpaired) electrons. The average molecular weight is 250 g/mol. The Kier molecular flexibility index (Phi) is 9.25. The van der Waals surface area contributed by atoms with Gasteiger partial charge in [0.25, 0.3) is 0 Å². The summed E-state index contributed by atoms with van der Waals surface area (Å²) < 4.78 is 3.83. The second-order valence-electron chi connectivity index (χ2n) is 2.84. The molecule has 0 N–H and O–H groups in total. The highest BCUT2D eigenvalue weighted by atomic mass is 32.1. The molecule has 0 aliphatic heterocycles. The van der Waals surface area contributed by atoms with Gasteiger partial charge in [-0.25, -0.2) is 0 Å². The molecule has 2 rings (SSSR count). The molecule has 0 fully saturated rings. The molecule has 0 unspecified atom stereocenters. The van der Waals surface area contributed by atoms with E-state index in [4.69, 9.17) is 0 Å². The van der Waals surface area contributed by atoms with E-state index in [1.165, 1.54) is 17.1 Å². The fraction of sp³-hybridized carbons (Fsp3) is 0.429. The SMILES string of the molecule is CC.CC.CCc1ccc(-c2csnn2)cc1. The average Bonchev–Trinajstić information content (AvgIpc) is 2.97. The number of aryl methyl sites for hydroxylation is 1. The highest BCUT2D eigenvalue weighted by molar-refractivity contribution is 7.03. The van der Waals surface area contributed by atoms with Crippen LogP contribution in [0.3, 0.4) is 0 Å². The molecule has 1 aromatic heterocycles. The van der Waals surface area contributed by atoms with Crippen molar-refractivity contribution in [3.63, 3.8) is 0 Å². The van der Waals surface area contributed by atoms with Crippen LogP contribution >= 0.6 is 11.5 Å². The van der Waals surface area contributed by atoms with E-state index in [1.807, 2.05) is 33.1 Å². The summed E-state index contributed by atoms with van der Waals surface area (Å²) in [6, 6.07) is 8.45. The first-order valence-electron chi connectivity index (χ1n) is 6.26. The zero-order valence-corrected chi connectivity index (χ0v) is 12.2. The molecule has 1 aromatic carbocycles. The minimum atomic E-state index is 0.965. The minimum Gasteiger partial charge on any atom is -0.138 e. The van der Waals surface area contributed by atoms with E-state index < -0.39 is 0 Å². The molecule has 0 spiro atoms. The van der Waals surface area contributed by atoms with Crippen molar-refractivity contribution in [1.82, 2.24) is 9.59 Å². The minimum absolute atomic E-state index is 0.965. The number of rotatable bonds is 2. The summed E-state index contributed by atoms with van der Waals surface area (Å²) >= 11 is 1.38. The van der Waals surface area contributed by atoms with E-state index in [2.05, 4.69) is 40.8 Å². The van der Waals surface area contributed by atoms with E-state index in [9.17, 15) is 0 Å². The zero-order chi connectivity index (χ0) is 13.1. The van der Waals surface area contributed by atoms with Crippen LogP contribution in [0.2, 0.25) is 0 Å². The van der Waals surface area contributed by atoms with Crippen molar-refractivity contribution >= 4 is 11.5 Å². The van der Waals surface area contributed by atoms with Crippen molar-refractivity contribution in [1.29, 1.82) is 0 Å². The van der Waals surface area contributed by atoms with E-state index in [0.29, 0.717) is 0 Å². The molecule has 0 amide bonds. The normalized spacial score (nSPS) is 8.53. The Balaban J connectivity index is 0.000000581. The molecule has 2 aromatic rings. The lowest BCUT2D eigenvalue weighted by molar-refractivity contribution is 1.13. The van der Waals surface area contributed by atoms with Crippen LogP contribution in [0.4, 0.5) is 0 Å². The summed E-state index contributed by atoms with van der Waals surface area (Å²) in [6.45, 7) is 10.2. The highest BCUT2D eigenvalue weighted by Crippen LogP contribution is 2.17. The van der Waals surface area contributed by atoms with Gasteiger partial charge in [-0.1, -0.05) is 63.4 Å². The van der Waals surface area contributed by atoms with Gasteiger partial charge in [0.05, 0.1) is 0 Å². The Labute approximate surface area is 109 Å². The molecule has 0 saturated heterocycles. The monoisotopic (exact) mass is 250 g/mol. The van der Waals surface area contributed by atoms with Gasteiger partial charge in [-0.3, -0.25) is 0 Å². The van der Waals surface area contributed by atoms with Gasteiger partial charge in [0.1, 0.15) is 5.69 Å². The summed E-state index contributed by atoms with van der Waals surface area (Å²) in [6.07, 6.45) is 1.08. The molecule has 17 heavy (non-hydrogen) atoms. The fourth-order valence-electron chi connectivity index (χ4n) is 1.20. The Morgan fingerprint density at radius 2 is 1.59 bits per heavy atom. The number of nitrogens with zero attached hydrogens (tertiary/aromatic N) is 2. The van der Waals surface area contributed by atoms with Crippen molar-refractivity contribution in [2.24, 2.45) is 0 Å². The predicted octanol–water partition coefficient (Wildman–Crippen LogP) is 4.82. The summed E-state index contributed by atoms with van der Waals surface area (Å²) in [7, 11) is 0. The Bertz CT molecular complexity index is 366. The smallest absolute Gasteiger partial charge is 0.105 e. The molecular weight excluding hydrogens is 228 g/mol. The molecular formula is C14H22N2S. The van der Waals surface area contributed by atoms with Gasteiger partial charge < -0.3 is 0 Å². The van der Waals surface area contributed by atoms with Gasteiger partial charge in [0.15, 0.2) is 0 Å². The quantitative estimate of drug-likeness (QED) is 0.763. The molecule has 0 atom stereocenters. The lowest BCUT2D eigenvalue weighted by Crippen LogP contribution is -1.81. The third-order valence-electron chi connectivity index (χ3n) is 2.02. The summed E-state index contributed by atoms with van der Waals surface area (Å²) in [5, 5.41) is 5.97. The van der Waals surface area contributed by atoms with Crippen molar-refractivity contribution in [3.8, 4) is 11.3 Å². The largest absolute Gasteiger partial charge is 0.138 e. The van der Waals surface area contributed by atoms with E-state index in [0.717, 1.165) is 17.7 Å². The van der Waals surface area contributed by atoms with E-state index in [-0.39, 0.29) is 0 Å². The van der Waals surface area contributed by atoms with Crippen molar-refractivity contribution in [3.05, 3.63) is 35.2 Å². The van der Waals surface area contributed by atoms with Crippen LogP contribution in [0.5, 0.6) is 0 Å². The maximum Gasteiger partial charge on any atom is 0.105 e. The molecule has 94 valence electrons. The van der Waals surface area contributed by atoms with Crippen LogP contribution in [0.1, 0.15) is 40.2 Å². The number of benzene rings is 1. The topological polar surface area (TPSA) is 25.8 Å². The number of aromatic nitrogens is 2. The number of hydrogen-bond donors (Lipinski definition) is 0. The molecule has 3 heteroatoms. The van der Waals surface area contributed by atoms with E-state index >= 15 is 0 Å². The van der Waals surface area contributed by atoms with Crippen LogP contribution in [0.25, 0.3) is 11.3 Å². The third-order valence-corrected chi connectivity index (χ3v) is 2.52. The fourth-order valence-corrected chi connectivity index (χ4v) is 1.67.